The Hall–Kier alpha value is -2.04. The molecule has 0 saturated carbocycles. The van der Waals surface area contributed by atoms with Gasteiger partial charge in [0.25, 0.3) is 0 Å². The second kappa shape index (κ2) is 8.56. The van der Waals surface area contributed by atoms with Crippen LogP contribution in [-0.4, -0.2) is 23.2 Å². The fraction of sp³-hybridized carbons (Fsp3) is 0.278. The Bertz CT molecular complexity index is 728. The molecule has 23 heavy (non-hydrogen) atoms. The first-order chi connectivity index (χ1) is 10.9. The summed E-state index contributed by atoms with van der Waals surface area (Å²) in [5.41, 5.74) is 1.23. The van der Waals surface area contributed by atoms with Crippen LogP contribution in [0.15, 0.2) is 55.1 Å². The number of nitrogens with one attached hydrogen (secondary N) is 1. The van der Waals surface area contributed by atoms with Gasteiger partial charge in [0, 0.05) is 31.0 Å². The van der Waals surface area contributed by atoms with Gasteiger partial charge in [0.2, 0.25) is 0 Å². The summed E-state index contributed by atoms with van der Waals surface area (Å²) in [6.07, 6.45) is 6.74. The zero-order chi connectivity index (χ0) is 15.2. The van der Waals surface area contributed by atoms with E-state index in [9.17, 15) is 0 Å². The highest BCUT2D eigenvalue weighted by Crippen LogP contribution is 2.27. The monoisotopic (exact) mass is 331 g/mol. The molecule has 0 aliphatic carbocycles. The average molecular weight is 332 g/mol. The molecule has 0 aliphatic heterocycles. The zero-order valence-electron chi connectivity index (χ0n) is 13.2. The van der Waals surface area contributed by atoms with E-state index in [0.717, 1.165) is 31.8 Å². The van der Waals surface area contributed by atoms with Crippen molar-refractivity contribution >= 4 is 23.2 Å². The molecule has 0 bridgehead atoms. The molecular weight excluding hydrogens is 310 g/mol. The van der Waals surface area contributed by atoms with Crippen LogP contribution in [-0.2, 0) is 13.1 Å². The van der Waals surface area contributed by atoms with Crippen molar-refractivity contribution in [3.63, 3.8) is 0 Å². The zero-order valence-corrected chi connectivity index (χ0v) is 14.1. The standard InChI is InChI=1S/C18H21N3O.ClH/c1-22-18-8-7-15-5-2-3-6-16(15)17(18)13-19-9-4-11-21-12-10-20-14-21;/h2-3,5-8,10,12,14,19H,4,9,11,13H2,1H3;1H. The topological polar surface area (TPSA) is 39.1 Å². The number of aromatic nitrogens is 2. The van der Waals surface area contributed by atoms with E-state index in [4.69, 9.17) is 4.74 Å². The van der Waals surface area contributed by atoms with Crippen LogP contribution in [0.1, 0.15) is 12.0 Å². The second-order valence-electron chi connectivity index (χ2n) is 5.30. The maximum atomic E-state index is 5.52. The van der Waals surface area contributed by atoms with Gasteiger partial charge in [-0.1, -0.05) is 30.3 Å². The summed E-state index contributed by atoms with van der Waals surface area (Å²) < 4.78 is 7.61. The van der Waals surface area contributed by atoms with Gasteiger partial charge in [-0.25, -0.2) is 4.98 Å². The molecule has 0 amide bonds. The number of nitrogens with zero attached hydrogens (tertiary/aromatic N) is 2. The number of halogens is 1. The largest absolute Gasteiger partial charge is 0.496 e. The molecule has 1 heterocycles. The fourth-order valence-corrected chi connectivity index (χ4v) is 2.71. The van der Waals surface area contributed by atoms with E-state index in [0.29, 0.717) is 0 Å². The molecule has 0 radical (unpaired) electrons. The number of fused-ring (bicyclic) bond motifs is 1. The van der Waals surface area contributed by atoms with Crippen LogP contribution < -0.4 is 10.1 Å². The van der Waals surface area contributed by atoms with Crippen LogP contribution in [0, 0.1) is 0 Å². The van der Waals surface area contributed by atoms with E-state index in [1.54, 1.807) is 7.11 Å². The molecule has 0 spiro atoms. The Labute approximate surface area is 142 Å². The molecular formula is C18H22ClN3O. The van der Waals surface area contributed by atoms with Crippen LogP contribution in [0.2, 0.25) is 0 Å². The Morgan fingerprint density at radius 1 is 1.17 bits per heavy atom. The lowest BCUT2D eigenvalue weighted by Crippen LogP contribution is -2.17. The van der Waals surface area contributed by atoms with Crippen LogP contribution in [0.3, 0.4) is 0 Å². The Morgan fingerprint density at radius 3 is 2.83 bits per heavy atom. The van der Waals surface area contributed by atoms with E-state index in [1.807, 2.05) is 24.8 Å². The number of benzene rings is 2. The van der Waals surface area contributed by atoms with Crippen molar-refractivity contribution in [2.75, 3.05) is 13.7 Å². The molecule has 3 rings (SSSR count). The predicted molar refractivity (Wildman–Crippen MR) is 96.3 cm³/mol. The van der Waals surface area contributed by atoms with Crippen molar-refractivity contribution in [3.05, 3.63) is 60.7 Å². The highest BCUT2D eigenvalue weighted by atomic mass is 35.5. The summed E-state index contributed by atoms with van der Waals surface area (Å²) in [5, 5.41) is 6.02. The molecule has 1 N–H and O–H groups in total. The summed E-state index contributed by atoms with van der Waals surface area (Å²) >= 11 is 0. The third-order valence-electron chi connectivity index (χ3n) is 3.85. The van der Waals surface area contributed by atoms with Gasteiger partial charge in [-0.05, 0) is 29.8 Å². The molecule has 4 nitrogen and oxygen atoms in total. The van der Waals surface area contributed by atoms with E-state index < -0.39 is 0 Å². The second-order valence-corrected chi connectivity index (χ2v) is 5.30. The smallest absolute Gasteiger partial charge is 0.123 e. The van der Waals surface area contributed by atoms with Crippen LogP contribution >= 0.6 is 12.4 Å². The van der Waals surface area contributed by atoms with Crippen molar-refractivity contribution in [2.45, 2.75) is 19.5 Å². The van der Waals surface area contributed by atoms with Gasteiger partial charge >= 0.3 is 0 Å². The number of ether oxygens (including phenoxy) is 1. The molecule has 3 aromatic rings. The normalized spacial score (nSPS) is 10.5. The minimum Gasteiger partial charge on any atom is -0.496 e. The van der Waals surface area contributed by atoms with E-state index in [2.05, 4.69) is 45.2 Å². The summed E-state index contributed by atoms with van der Waals surface area (Å²) in [6.45, 7) is 2.76. The Balaban J connectivity index is 0.00000192. The van der Waals surface area contributed by atoms with E-state index in [-0.39, 0.29) is 12.4 Å². The lowest BCUT2D eigenvalue weighted by atomic mass is 10.0. The van der Waals surface area contributed by atoms with Crippen LogP contribution in [0.4, 0.5) is 0 Å². The van der Waals surface area contributed by atoms with Crippen LogP contribution in [0.25, 0.3) is 10.8 Å². The Kier molecular flexibility index (Phi) is 6.44. The van der Waals surface area contributed by atoms with Gasteiger partial charge in [-0.15, -0.1) is 12.4 Å². The minimum atomic E-state index is 0. The Morgan fingerprint density at radius 2 is 2.04 bits per heavy atom. The van der Waals surface area contributed by atoms with Gasteiger partial charge in [-0.2, -0.15) is 0 Å². The quantitative estimate of drug-likeness (QED) is 0.672. The van der Waals surface area contributed by atoms with Crippen molar-refractivity contribution in [2.24, 2.45) is 0 Å². The van der Waals surface area contributed by atoms with Crippen molar-refractivity contribution in [1.82, 2.24) is 14.9 Å². The molecule has 122 valence electrons. The first-order valence-electron chi connectivity index (χ1n) is 7.59. The number of hydrogen-bond acceptors (Lipinski definition) is 3. The van der Waals surface area contributed by atoms with E-state index >= 15 is 0 Å². The summed E-state index contributed by atoms with van der Waals surface area (Å²) in [5.74, 6) is 0.945. The highest BCUT2D eigenvalue weighted by Gasteiger charge is 2.07. The maximum absolute atomic E-state index is 5.52. The third-order valence-corrected chi connectivity index (χ3v) is 3.85. The summed E-state index contributed by atoms with van der Waals surface area (Å²) in [4.78, 5) is 4.05. The average Bonchev–Trinajstić information content (AvgIpc) is 3.08. The van der Waals surface area contributed by atoms with Crippen molar-refractivity contribution in [1.29, 1.82) is 0 Å². The summed E-state index contributed by atoms with van der Waals surface area (Å²) in [6, 6.07) is 12.6. The lowest BCUT2D eigenvalue weighted by Gasteiger charge is -2.13. The SMILES string of the molecule is COc1ccc2ccccc2c1CNCCCn1ccnc1.Cl. The number of imidazole rings is 1. The number of aryl methyl sites for hydroxylation is 1. The molecule has 0 unspecified atom stereocenters. The van der Waals surface area contributed by atoms with Crippen molar-refractivity contribution in [3.8, 4) is 5.75 Å². The predicted octanol–water partition coefficient (Wildman–Crippen LogP) is 3.65. The lowest BCUT2D eigenvalue weighted by molar-refractivity contribution is 0.408. The molecule has 2 aromatic carbocycles. The van der Waals surface area contributed by atoms with Gasteiger partial charge in [0.1, 0.15) is 5.75 Å². The molecule has 0 fully saturated rings. The molecule has 5 heteroatoms. The van der Waals surface area contributed by atoms with E-state index in [1.165, 1.54) is 16.3 Å². The first-order valence-corrected chi connectivity index (χ1v) is 7.59. The maximum Gasteiger partial charge on any atom is 0.123 e. The number of hydrogen-bond donors (Lipinski definition) is 1. The van der Waals surface area contributed by atoms with Gasteiger partial charge < -0.3 is 14.6 Å². The molecule has 0 aliphatic rings. The minimum absolute atomic E-state index is 0. The first kappa shape index (κ1) is 17.3. The van der Waals surface area contributed by atoms with Gasteiger partial charge in [-0.3, -0.25) is 0 Å². The number of rotatable bonds is 7. The third kappa shape index (κ3) is 4.24. The van der Waals surface area contributed by atoms with Gasteiger partial charge in [0.05, 0.1) is 13.4 Å². The highest BCUT2D eigenvalue weighted by molar-refractivity contribution is 5.87. The fourth-order valence-electron chi connectivity index (χ4n) is 2.71. The molecule has 1 aromatic heterocycles. The van der Waals surface area contributed by atoms with Crippen molar-refractivity contribution < 1.29 is 4.74 Å². The summed E-state index contributed by atoms with van der Waals surface area (Å²) in [7, 11) is 1.73. The number of methoxy groups -OCH3 is 1. The molecule has 0 saturated heterocycles. The molecule has 0 atom stereocenters. The van der Waals surface area contributed by atoms with Crippen LogP contribution in [0.5, 0.6) is 5.75 Å². The van der Waals surface area contributed by atoms with Gasteiger partial charge in [0.15, 0.2) is 0 Å².